The molecule has 0 fully saturated rings. The van der Waals surface area contributed by atoms with Crippen molar-refractivity contribution in [1.82, 2.24) is 0 Å². The third kappa shape index (κ3) is 1.51. The summed E-state index contributed by atoms with van der Waals surface area (Å²) < 4.78 is 1.14. The minimum absolute atomic E-state index is 0.848. The van der Waals surface area contributed by atoms with Gasteiger partial charge < -0.3 is 0 Å². The van der Waals surface area contributed by atoms with Crippen molar-refractivity contribution in [1.29, 1.82) is 0 Å². The van der Waals surface area contributed by atoms with Crippen LogP contribution in [0.25, 0.3) is 0 Å². The van der Waals surface area contributed by atoms with Gasteiger partial charge in [-0.15, -0.1) is 0 Å². The molecule has 2 heteroatoms. The monoisotopic (exact) mass is 171 g/mol. The van der Waals surface area contributed by atoms with Crippen molar-refractivity contribution >= 4 is 14.6 Å². The second kappa shape index (κ2) is 3.12. The summed E-state index contributed by atoms with van der Waals surface area (Å²) in [5.74, 6) is 0. The molecule has 8 heavy (non-hydrogen) atoms. The van der Waals surface area contributed by atoms with Crippen LogP contribution in [0.1, 0.15) is 0 Å². The number of hydrogen-bond donors (Lipinski definition) is 0. The van der Waals surface area contributed by atoms with E-state index in [1.807, 2.05) is 30.3 Å². The van der Waals surface area contributed by atoms with Gasteiger partial charge in [0.1, 0.15) is 0 Å². The molecule has 1 aromatic rings. The van der Waals surface area contributed by atoms with Crippen LogP contribution in [0.5, 0.6) is 0 Å². The zero-order valence-electron chi connectivity index (χ0n) is 4.10. The fraction of sp³-hybridized carbons (Fsp3) is 0. The van der Waals surface area contributed by atoms with E-state index >= 15 is 0 Å². The van der Waals surface area contributed by atoms with Gasteiger partial charge in [0.15, 0.2) is 0 Å². The van der Waals surface area contributed by atoms with Crippen LogP contribution in [0.2, 0.25) is 0 Å². The molecule has 0 nitrogen and oxygen atoms in total. The number of rotatable bonds is 1. The molecule has 0 spiro atoms. The summed E-state index contributed by atoms with van der Waals surface area (Å²) in [5.41, 5.74) is 0. The van der Waals surface area contributed by atoms with Crippen molar-refractivity contribution in [2.75, 3.05) is 0 Å². The number of halogens is 1. The van der Waals surface area contributed by atoms with Gasteiger partial charge in [0.05, 0.1) is 0 Å². The van der Waals surface area contributed by atoms with E-state index < -0.39 is 0 Å². The van der Waals surface area contributed by atoms with Crippen LogP contribution >= 0.6 is 10.1 Å². The summed E-state index contributed by atoms with van der Waals surface area (Å²) in [6, 6.07) is 9.92. The summed E-state index contributed by atoms with van der Waals surface area (Å²) in [6.45, 7) is 0. The number of hydrogen-bond acceptors (Lipinski definition) is 0. The third-order valence-electron chi connectivity index (χ3n) is 0.791. The van der Waals surface area contributed by atoms with E-state index in [1.165, 1.54) is 0 Å². The second-order valence-electron chi connectivity index (χ2n) is 1.33. The van der Waals surface area contributed by atoms with E-state index in [9.17, 15) is 0 Å². The van der Waals surface area contributed by atoms with Gasteiger partial charge in [0.2, 0.25) is 0 Å². The Kier molecular flexibility index (Phi) is 2.40. The van der Waals surface area contributed by atoms with E-state index in [-0.39, 0.29) is 0 Å². The fourth-order valence-electron chi connectivity index (χ4n) is 0.448. The molecule has 1 rings (SSSR count). The Labute approximate surface area is 59.1 Å². The first-order valence-corrected chi connectivity index (χ1v) is 4.16. The fourth-order valence-corrected chi connectivity index (χ4v) is 1.13. The van der Waals surface area contributed by atoms with Crippen LogP contribution in [0, 0.1) is 0 Å². The molecule has 0 aliphatic carbocycles. The van der Waals surface area contributed by atoms with Crippen molar-refractivity contribution in [3.05, 3.63) is 30.3 Å². The normalized spacial score (nSPS) is 9.62. The van der Waals surface area contributed by atoms with Crippen LogP contribution in [0.15, 0.2) is 30.3 Å². The van der Waals surface area contributed by atoms with Gasteiger partial charge in [-0.05, 0) is 0 Å². The topological polar surface area (TPSA) is 0 Å². The molecule has 0 aliphatic rings. The van der Waals surface area contributed by atoms with Gasteiger partial charge in [-0.3, -0.25) is 0 Å². The Morgan fingerprint density at radius 3 is 2.12 bits per heavy atom. The second-order valence-corrected chi connectivity index (χ2v) is 2.65. The molecule has 0 radical (unpaired) electrons. The molecule has 0 unspecified atom stereocenters. The van der Waals surface area contributed by atoms with Gasteiger partial charge in [-0.25, -0.2) is 0 Å². The molecule has 1 aromatic carbocycles. The molecule has 0 bridgehead atoms. The average molecular weight is 171 g/mol. The molecule has 0 atom stereocenters. The Morgan fingerprint density at radius 1 is 1.12 bits per heavy atom. The Balaban J connectivity index is 2.83. The molecular weight excluding hydrogens is 166 g/mol. The van der Waals surface area contributed by atoms with Crippen molar-refractivity contribution in [3.63, 3.8) is 0 Å². The first-order chi connectivity index (χ1) is 3.93. The van der Waals surface area contributed by atoms with Crippen LogP contribution in [0.4, 0.5) is 0 Å². The minimum atomic E-state index is 0.848. The maximum absolute atomic E-state index is 5.50. The van der Waals surface area contributed by atoms with Crippen molar-refractivity contribution in [2.45, 2.75) is 0 Å². The third-order valence-corrected chi connectivity index (χ3v) is 1.96. The summed E-state index contributed by atoms with van der Waals surface area (Å²) in [4.78, 5) is 0. The van der Waals surface area contributed by atoms with E-state index in [4.69, 9.17) is 10.1 Å². The van der Waals surface area contributed by atoms with Crippen molar-refractivity contribution in [2.24, 2.45) is 0 Å². The van der Waals surface area contributed by atoms with Gasteiger partial charge in [0, 0.05) is 0 Å². The van der Waals surface area contributed by atoms with Crippen molar-refractivity contribution < 1.29 is 13.8 Å². The first kappa shape index (κ1) is 6.14. The molecule has 45 valence electrons. The molecule has 0 saturated carbocycles. The molecular formula is C6H5ClCo. The summed E-state index contributed by atoms with van der Waals surface area (Å²) in [6.07, 6.45) is 0. The van der Waals surface area contributed by atoms with Crippen LogP contribution < -0.4 is 4.50 Å². The van der Waals surface area contributed by atoms with Gasteiger partial charge in [-0.2, -0.15) is 0 Å². The van der Waals surface area contributed by atoms with E-state index in [2.05, 4.69) is 0 Å². The van der Waals surface area contributed by atoms with Crippen LogP contribution in [0.3, 0.4) is 0 Å². The molecule has 0 N–H and O–H groups in total. The molecule has 0 aromatic heterocycles. The van der Waals surface area contributed by atoms with Gasteiger partial charge >= 0.3 is 58.8 Å². The molecule has 0 aliphatic heterocycles. The van der Waals surface area contributed by atoms with E-state index in [0.717, 1.165) is 18.3 Å². The summed E-state index contributed by atoms with van der Waals surface area (Å²) in [7, 11) is 5.50. The van der Waals surface area contributed by atoms with E-state index in [1.54, 1.807) is 0 Å². The van der Waals surface area contributed by atoms with Crippen LogP contribution in [-0.4, -0.2) is 0 Å². The quantitative estimate of drug-likeness (QED) is 0.601. The average Bonchev–Trinajstić information content (AvgIpc) is 1.90. The first-order valence-electron chi connectivity index (χ1n) is 2.20. The van der Waals surface area contributed by atoms with E-state index in [0.29, 0.717) is 0 Å². The number of benzene rings is 1. The van der Waals surface area contributed by atoms with Gasteiger partial charge in [-0.1, -0.05) is 0 Å². The molecule has 0 heterocycles. The van der Waals surface area contributed by atoms with Gasteiger partial charge in [0.25, 0.3) is 0 Å². The summed E-state index contributed by atoms with van der Waals surface area (Å²) >= 11 is 0.848. The summed E-state index contributed by atoms with van der Waals surface area (Å²) in [5, 5.41) is 0. The molecule has 0 amide bonds. The predicted molar refractivity (Wildman–Crippen MR) is 31.9 cm³/mol. The Morgan fingerprint density at radius 2 is 1.75 bits per heavy atom. The SMILES string of the molecule is [Cl][Co][c]1ccccc1. The Bertz CT molecular complexity index is 150. The zero-order valence-corrected chi connectivity index (χ0v) is 5.90. The Hall–Kier alpha value is 0.0165. The zero-order chi connectivity index (χ0) is 5.82. The predicted octanol–water partition coefficient (Wildman–Crippen LogP) is 1.55. The van der Waals surface area contributed by atoms with Crippen molar-refractivity contribution in [3.8, 4) is 0 Å². The standard InChI is InChI=1S/C6H5.ClH.Co/c1-2-4-6-5-3-1;;/h1-5H;1H;/q;;+1/p-1. The van der Waals surface area contributed by atoms with Crippen LogP contribution in [-0.2, 0) is 13.8 Å². The maximum atomic E-state index is 5.50. The molecule has 0 saturated heterocycles.